The molecule has 3 aromatic carbocycles. The van der Waals surface area contributed by atoms with Crippen molar-refractivity contribution in [2.24, 2.45) is 0 Å². The van der Waals surface area contributed by atoms with Crippen LogP contribution in [-0.4, -0.2) is 17.5 Å². The number of halogens is 1. The second kappa shape index (κ2) is 8.84. The first-order valence-corrected chi connectivity index (χ1v) is 9.87. The first-order valence-electron chi connectivity index (χ1n) is 9.49. The van der Waals surface area contributed by atoms with Crippen LogP contribution in [0.25, 0.3) is 22.8 Å². The Bertz CT molecular complexity index is 1150. The van der Waals surface area contributed by atoms with Crippen LogP contribution in [0.4, 0.5) is 5.69 Å². The molecule has 1 amide bonds. The fourth-order valence-corrected chi connectivity index (χ4v) is 3.14. The number of ether oxygens (including phenoxy) is 1. The van der Waals surface area contributed by atoms with E-state index in [1.807, 2.05) is 43.3 Å². The molecule has 6 heteroatoms. The van der Waals surface area contributed by atoms with Gasteiger partial charge < -0.3 is 14.5 Å². The summed E-state index contributed by atoms with van der Waals surface area (Å²) in [5, 5.41) is 3.55. The number of aromatic nitrogens is 1. The molecular weight excluding hydrogens is 400 g/mol. The van der Waals surface area contributed by atoms with Crippen LogP contribution in [0.3, 0.4) is 0 Å². The van der Waals surface area contributed by atoms with E-state index in [1.165, 1.54) is 0 Å². The van der Waals surface area contributed by atoms with Crippen molar-refractivity contribution in [3.8, 4) is 28.5 Å². The van der Waals surface area contributed by atoms with Crippen molar-refractivity contribution in [3.05, 3.63) is 89.6 Å². The Labute approximate surface area is 179 Å². The Balaban J connectivity index is 1.58. The van der Waals surface area contributed by atoms with Gasteiger partial charge in [-0.25, -0.2) is 4.98 Å². The molecular formula is C24H19ClN2O3. The predicted octanol–water partition coefficient (Wildman–Crippen LogP) is 6.31. The van der Waals surface area contributed by atoms with Gasteiger partial charge in [-0.15, -0.1) is 0 Å². The van der Waals surface area contributed by atoms with Crippen LogP contribution in [0.5, 0.6) is 5.75 Å². The topological polar surface area (TPSA) is 64.4 Å². The summed E-state index contributed by atoms with van der Waals surface area (Å²) in [6.07, 6.45) is 1.64. The van der Waals surface area contributed by atoms with E-state index < -0.39 is 0 Å². The molecule has 5 nitrogen and oxygen atoms in total. The first-order chi connectivity index (χ1) is 14.6. The van der Waals surface area contributed by atoms with Crippen LogP contribution in [0.2, 0.25) is 5.02 Å². The fraction of sp³-hybridized carbons (Fsp3) is 0.0833. The van der Waals surface area contributed by atoms with Gasteiger partial charge in [-0.2, -0.15) is 0 Å². The van der Waals surface area contributed by atoms with Crippen LogP contribution in [-0.2, 0) is 0 Å². The number of benzene rings is 3. The zero-order chi connectivity index (χ0) is 20.9. The normalized spacial score (nSPS) is 10.6. The summed E-state index contributed by atoms with van der Waals surface area (Å²) in [5.74, 6) is 1.48. The minimum Gasteiger partial charge on any atom is -0.494 e. The molecule has 150 valence electrons. The molecule has 0 aliphatic carbocycles. The molecule has 0 spiro atoms. The Morgan fingerprint density at radius 3 is 2.50 bits per heavy atom. The van der Waals surface area contributed by atoms with E-state index in [0.29, 0.717) is 40.1 Å². The molecule has 0 aliphatic heterocycles. The average Bonchev–Trinajstić information content (AvgIpc) is 3.26. The lowest BCUT2D eigenvalue weighted by molar-refractivity contribution is 0.102. The predicted molar refractivity (Wildman–Crippen MR) is 118 cm³/mol. The molecule has 0 aliphatic rings. The fourth-order valence-electron chi connectivity index (χ4n) is 3.01. The van der Waals surface area contributed by atoms with Crippen LogP contribution >= 0.6 is 11.6 Å². The molecule has 0 saturated carbocycles. The molecule has 4 rings (SSSR count). The summed E-state index contributed by atoms with van der Waals surface area (Å²) in [6.45, 7) is 2.51. The van der Waals surface area contributed by atoms with Gasteiger partial charge in [-0.3, -0.25) is 4.79 Å². The van der Waals surface area contributed by atoms with Gasteiger partial charge in [0.25, 0.3) is 5.91 Å². The maximum atomic E-state index is 12.9. The monoisotopic (exact) mass is 418 g/mol. The van der Waals surface area contributed by atoms with Crippen molar-refractivity contribution in [1.82, 2.24) is 4.98 Å². The van der Waals surface area contributed by atoms with E-state index in [-0.39, 0.29) is 5.91 Å². The quantitative estimate of drug-likeness (QED) is 0.398. The van der Waals surface area contributed by atoms with Gasteiger partial charge in [-0.05, 0) is 67.6 Å². The molecule has 1 N–H and O–H groups in total. The molecule has 0 fully saturated rings. The van der Waals surface area contributed by atoms with E-state index in [9.17, 15) is 4.79 Å². The molecule has 1 aromatic heterocycles. The van der Waals surface area contributed by atoms with Gasteiger partial charge in [-0.1, -0.05) is 23.7 Å². The molecule has 0 atom stereocenters. The van der Waals surface area contributed by atoms with Crippen molar-refractivity contribution < 1.29 is 13.9 Å². The minimum absolute atomic E-state index is 0.249. The van der Waals surface area contributed by atoms with E-state index in [1.54, 1.807) is 42.6 Å². The van der Waals surface area contributed by atoms with Gasteiger partial charge in [0.15, 0.2) is 5.76 Å². The molecule has 0 unspecified atom stereocenters. The minimum atomic E-state index is -0.249. The highest BCUT2D eigenvalue weighted by Gasteiger charge is 2.17. The molecule has 4 aromatic rings. The number of carbonyl (C=O) groups is 1. The Morgan fingerprint density at radius 2 is 1.77 bits per heavy atom. The Hall–Kier alpha value is -3.57. The molecule has 1 heterocycles. The third-order valence-electron chi connectivity index (χ3n) is 4.46. The zero-order valence-electron chi connectivity index (χ0n) is 16.3. The second-order valence-electron chi connectivity index (χ2n) is 6.49. The maximum absolute atomic E-state index is 12.9. The van der Waals surface area contributed by atoms with E-state index >= 15 is 0 Å². The number of nitrogens with one attached hydrogen (secondary N) is 1. The largest absolute Gasteiger partial charge is 0.494 e. The van der Waals surface area contributed by atoms with Crippen molar-refractivity contribution >= 4 is 23.2 Å². The van der Waals surface area contributed by atoms with E-state index in [2.05, 4.69) is 10.3 Å². The van der Waals surface area contributed by atoms with Crippen LogP contribution in [0.1, 0.15) is 17.3 Å². The van der Waals surface area contributed by atoms with Gasteiger partial charge in [0.1, 0.15) is 5.75 Å². The van der Waals surface area contributed by atoms with Crippen molar-refractivity contribution in [3.63, 3.8) is 0 Å². The molecule has 0 saturated heterocycles. The number of amides is 1. The second-order valence-corrected chi connectivity index (χ2v) is 6.93. The van der Waals surface area contributed by atoms with Crippen molar-refractivity contribution in [2.45, 2.75) is 6.92 Å². The third kappa shape index (κ3) is 4.36. The molecule has 0 radical (unpaired) electrons. The number of carbonyl (C=O) groups excluding carboxylic acids is 1. The number of hydrogen-bond acceptors (Lipinski definition) is 4. The van der Waals surface area contributed by atoms with Gasteiger partial charge in [0, 0.05) is 21.8 Å². The lowest BCUT2D eigenvalue weighted by atomic mass is 10.1. The van der Waals surface area contributed by atoms with E-state index in [0.717, 1.165) is 11.3 Å². The van der Waals surface area contributed by atoms with E-state index in [4.69, 9.17) is 20.8 Å². The summed E-state index contributed by atoms with van der Waals surface area (Å²) in [7, 11) is 0. The number of rotatable bonds is 6. The summed E-state index contributed by atoms with van der Waals surface area (Å²) >= 11 is 5.95. The standard InChI is InChI=1S/C24H19ClN2O3/c1-2-29-19-13-11-18(12-14-19)27-23(28)20-5-3-4-6-21(20)24-26-15-22(30-24)16-7-9-17(25)10-8-16/h3-15H,2H2,1H3,(H,27,28). The summed E-state index contributed by atoms with van der Waals surface area (Å²) in [6, 6.07) is 21.7. The summed E-state index contributed by atoms with van der Waals surface area (Å²) < 4.78 is 11.4. The average molecular weight is 419 g/mol. The highest BCUT2D eigenvalue weighted by atomic mass is 35.5. The maximum Gasteiger partial charge on any atom is 0.256 e. The Kier molecular flexibility index (Phi) is 5.82. The van der Waals surface area contributed by atoms with Crippen molar-refractivity contribution in [2.75, 3.05) is 11.9 Å². The lowest BCUT2D eigenvalue weighted by Gasteiger charge is -2.09. The van der Waals surface area contributed by atoms with Crippen LogP contribution < -0.4 is 10.1 Å². The van der Waals surface area contributed by atoms with Crippen LogP contribution in [0, 0.1) is 0 Å². The summed E-state index contributed by atoms with van der Waals surface area (Å²) in [5.41, 5.74) is 2.61. The summed E-state index contributed by atoms with van der Waals surface area (Å²) in [4.78, 5) is 17.3. The SMILES string of the molecule is CCOc1ccc(NC(=O)c2ccccc2-c2ncc(-c3ccc(Cl)cc3)o2)cc1. The third-order valence-corrected chi connectivity index (χ3v) is 4.71. The number of oxazole rings is 1. The van der Waals surface area contributed by atoms with Crippen LogP contribution in [0.15, 0.2) is 83.4 Å². The smallest absolute Gasteiger partial charge is 0.256 e. The first kappa shape index (κ1) is 19.7. The number of hydrogen-bond donors (Lipinski definition) is 1. The van der Waals surface area contributed by atoms with Crippen molar-refractivity contribution in [1.29, 1.82) is 0 Å². The molecule has 0 bridgehead atoms. The molecule has 30 heavy (non-hydrogen) atoms. The Morgan fingerprint density at radius 1 is 1.03 bits per heavy atom. The van der Waals surface area contributed by atoms with Gasteiger partial charge in [0.05, 0.1) is 18.4 Å². The highest BCUT2D eigenvalue weighted by molar-refractivity contribution is 6.30. The highest BCUT2D eigenvalue weighted by Crippen LogP contribution is 2.29. The van der Waals surface area contributed by atoms with Gasteiger partial charge in [0.2, 0.25) is 5.89 Å². The number of nitrogens with zero attached hydrogens (tertiary/aromatic N) is 1. The van der Waals surface area contributed by atoms with Gasteiger partial charge >= 0.3 is 0 Å². The number of anilines is 1. The zero-order valence-corrected chi connectivity index (χ0v) is 17.0. The lowest BCUT2D eigenvalue weighted by Crippen LogP contribution is -2.13.